The van der Waals surface area contributed by atoms with E-state index < -0.39 is 0 Å². The zero-order valence-electron chi connectivity index (χ0n) is 15.5. The smallest absolute Gasteiger partial charge is 0.253 e. The Kier molecular flexibility index (Phi) is 5.06. The maximum absolute atomic E-state index is 13.0. The van der Waals surface area contributed by atoms with E-state index in [1.165, 1.54) is 24.3 Å². The van der Waals surface area contributed by atoms with Gasteiger partial charge in [0.05, 0.1) is 6.54 Å². The average molecular weight is 381 g/mol. The number of benzene rings is 2. The Morgan fingerprint density at radius 1 is 1.21 bits per heavy atom. The van der Waals surface area contributed by atoms with Crippen LogP contribution in [0.5, 0.6) is 5.75 Å². The maximum atomic E-state index is 13.0. The third kappa shape index (κ3) is 3.88. The Bertz CT molecular complexity index is 954. The molecule has 6 nitrogen and oxygen atoms in total. The Labute approximate surface area is 161 Å². The van der Waals surface area contributed by atoms with Crippen LogP contribution in [0.1, 0.15) is 29.6 Å². The number of carbonyl (C=O) groups excluding carboxylic acids is 1. The summed E-state index contributed by atoms with van der Waals surface area (Å²) in [5.41, 5.74) is 1.34. The van der Waals surface area contributed by atoms with E-state index in [1.807, 2.05) is 31.2 Å². The molecule has 1 aliphatic rings. The fraction of sp³-hybridized carbons (Fsp3) is 0.286. The van der Waals surface area contributed by atoms with Crippen molar-refractivity contribution in [1.29, 1.82) is 0 Å². The van der Waals surface area contributed by atoms with Crippen LogP contribution < -0.4 is 4.74 Å². The van der Waals surface area contributed by atoms with Crippen LogP contribution in [0, 0.1) is 5.82 Å². The summed E-state index contributed by atoms with van der Waals surface area (Å²) in [4.78, 5) is 18.6. The molecule has 1 unspecified atom stereocenters. The Hall–Kier alpha value is -3.22. The molecule has 1 saturated heterocycles. The SMILES string of the molecule is CCc1nc(-c2ccc(OC3CCN(C(=O)c4ccc(F)cc4)C3)cc2)no1. The van der Waals surface area contributed by atoms with Crippen molar-refractivity contribution in [3.63, 3.8) is 0 Å². The number of ether oxygens (including phenoxy) is 1. The minimum Gasteiger partial charge on any atom is -0.489 e. The number of rotatable bonds is 5. The summed E-state index contributed by atoms with van der Waals surface area (Å²) in [7, 11) is 0. The monoisotopic (exact) mass is 381 g/mol. The van der Waals surface area contributed by atoms with Gasteiger partial charge in [0.2, 0.25) is 11.7 Å². The predicted octanol–water partition coefficient (Wildman–Crippen LogP) is 3.73. The van der Waals surface area contributed by atoms with E-state index >= 15 is 0 Å². The highest BCUT2D eigenvalue weighted by atomic mass is 19.1. The van der Waals surface area contributed by atoms with Crippen LogP contribution in [-0.2, 0) is 6.42 Å². The highest BCUT2D eigenvalue weighted by molar-refractivity contribution is 5.94. The summed E-state index contributed by atoms with van der Waals surface area (Å²) in [6.07, 6.45) is 1.37. The lowest BCUT2D eigenvalue weighted by Crippen LogP contribution is -2.30. The second-order valence-electron chi connectivity index (χ2n) is 6.68. The van der Waals surface area contributed by atoms with Crippen molar-refractivity contribution in [2.45, 2.75) is 25.9 Å². The number of aryl methyl sites for hydroxylation is 1. The van der Waals surface area contributed by atoms with E-state index in [1.54, 1.807) is 4.90 Å². The van der Waals surface area contributed by atoms with E-state index in [0.717, 1.165) is 17.7 Å². The molecule has 1 atom stereocenters. The van der Waals surface area contributed by atoms with Crippen molar-refractivity contribution < 1.29 is 18.4 Å². The lowest BCUT2D eigenvalue weighted by atomic mass is 10.2. The molecule has 1 amide bonds. The molecule has 1 aromatic heterocycles. The third-order valence-corrected chi connectivity index (χ3v) is 4.71. The van der Waals surface area contributed by atoms with Crippen LogP contribution in [0.15, 0.2) is 53.1 Å². The van der Waals surface area contributed by atoms with Gasteiger partial charge in [-0.3, -0.25) is 4.79 Å². The molecule has 0 bridgehead atoms. The van der Waals surface area contributed by atoms with E-state index in [2.05, 4.69) is 10.1 Å². The second kappa shape index (κ2) is 7.80. The number of carbonyl (C=O) groups is 1. The van der Waals surface area contributed by atoms with Gasteiger partial charge in [-0.1, -0.05) is 12.1 Å². The van der Waals surface area contributed by atoms with Gasteiger partial charge in [0.15, 0.2) is 0 Å². The lowest BCUT2D eigenvalue weighted by Gasteiger charge is -2.17. The first-order chi connectivity index (χ1) is 13.6. The summed E-state index contributed by atoms with van der Waals surface area (Å²) in [6, 6.07) is 13.1. The van der Waals surface area contributed by atoms with Gasteiger partial charge in [-0.15, -0.1) is 0 Å². The van der Waals surface area contributed by atoms with Gasteiger partial charge in [0, 0.05) is 30.5 Å². The molecule has 3 aromatic rings. The fourth-order valence-corrected chi connectivity index (χ4v) is 3.17. The van der Waals surface area contributed by atoms with E-state index in [9.17, 15) is 9.18 Å². The van der Waals surface area contributed by atoms with Gasteiger partial charge in [-0.05, 0) is 48.5 Å². The second-order valence-corrected chi connectivity index (χ2v) is 6.68. The van der Waals surface area contributed by atoms with Gasteiger partial charge in [0.25, 0.3) is 5.91 Å². The van der Waals surface area contributed by atoms with Crippen molar-refractivity contribution in [1.82, 2.24) is 15.0 Å². The molecule has 0 radical (unpaired) electrons. The molecule has 0 saturated carbocycles. The molecule has 0 spiro atoms. The molecular weight excluding hydrogens is 361 g/mol. The number of aromatic nitrogens is 2. The van der Waals surface area contributed by atoms with Gasteiger partial charge >= 0.3 is 0 Å². The zero-order valence-corrected chi connectivity index (χ0v) is 15.5. The number of hydrogen-bond acceptors (Lipinski definition) is 5. The molecule has 7 heteroatoms. The minimum atomic E-state index is -0.352. The van der Waals surface area contributed by atoms with Crippen LogP contribution in [-0.4, -0.2) is 40.1 Å². The van der Waals surface area contributed by atoms with Crippen molar-refractivity contribution in [2.24, 2.45) is 0 Å². The van der Waals surface area contributed by atoms with Crippen LogP contribution in [0.2, 0.25) is 0 Å². The van der Waals surface area contributed by atoms with Crippen LogP contribution >= 0.6 is 0 Å². The number of nitrogens with zero attached hydrogens (tertiary/aromatic N) is 3. The van der Waals surface area contributed by atoms with Gasteiger partial charge in [-0.25, -0.2) is 4.39 Å². The quantitative estimate of drug-likeness (QED) is 0.674. The normalized spacial score (nSPS) is 16.4. The molecule has 144 valence electrons. The van der Waals surface area contributed by atoms with Gasteiger partial charge < -0.3 is 14.2 Å². The van der Waals surface area contributed by atoms with Crippen LogP contribution in [0.3, 0.4) is 0 Å². The molecule has 0 aliphatic carbocycles. The molecule has 28 heavy (non-hydrogen) atoms. The number of likely N-dealkylation sites (tertiary alicyclic amines) is 1. The van der Waals surface area contributed by atoms with Crippen molar-refractivity contribution in [3.05, 3.63) is 65.8 Å². The molecule has 2 aromatic carbocycles. The van der Waals surface area contributed by atoms with E-state index in [4.69, 9.17) is 9.26 Å². The topological polar surface area (TPSA) is 68.5 Å². The first-order valence-corrected chi connectivity index (χ1v) is 9.27. The van der Waals surface area contributed by atoms with Crippen molar-refractivity contribution in [3.8, 4) is 17.1 Å². The van der Waals surface area contributed by atoms with Gasteiger partial charge in [0.1, 0.15) is 17.7 Å². The summed E-state index contributed by atoms with van der Waals surface area (Å²) in [5, 5.41) is 3.96. The number of hydrogen-bond donors (Lipinski definition) is 0. The predicted molar refractivity (Wildman–Crippen MR) is 100 cm³/mol. The van der Waals surface area contributed by atoms with Crippen molar-refractivity contribution >= 4 is 5.91 Å². The Balaban J connectivity index is 1.36. The standard InChI is InChI=1S/C21H20FN3O3/c1-2-19-23-20(24-28-19)14-5-9-17(10-6-14)27-18-11-12-25(13-18)21(26)15-3-7-16(22)8-4-15/h3-10,18H,2,11-13H2,1H3. The summed E-state index contributed by atoms with van der Waals surface area (Å²) < 4.78 is 24.2. The molecule has 1 aliphatic heterocycles. The fourth-order valence-electron chi connectivity index (χ4n) is 3.17. The maximum Gasteiger partial charge on any atom is 0.253 e. The number of halogens is 1. The zero-order chi connectivity index (χ0) is 19.5. The van der Waals surface area contributed by atoms with E-state index in [0.29, 0.717) is 36.8 Å². The van der Waals surface area contributed by atoms with Crippen molar-refractivity contribution in [2.75, 3.05) is 13.1 Å². The Morgan fingerprint density at radius 3 is 2.64 bits per heavy atom. The summed E-state index contributed by atoms with van der Waals surface area (Å²) in [5.74, 6) is 1.43. The highest BCUT2D eigenvalue weighted by Gasteiger charge is 2.28. The number of amides is 1. The lowest BCUT2D eigenvalue weighted by molar-refractivity contribution is 0.0772. The third-order valence-electron chi connectivity index (χ3n) is 4.71. The first-order valence-electron chi connectivity index (χ1n) is 9.27. The molecule has 1 fully saturated rings. The van der Waals surface area contributed by atoms with E-state index in [-0.39, 0.29) is 17.8 Å². The van der Waals surface area contributed by atoms with Gasteiger partial charge in [-0.2, -0.15) is 4.98 Å². The molecule has 2 heterocycles. The Morgan fingerprint density at radius 2 is 1.96 bits per heavy atom. The average Bonchev–Trinajstić information content (AvgIpc) is 3.38. The first kappa shape index (κ1) is 18.2. The summed E-state index contributed by atoms with van der Waals surface area (Å²) in [6.45, 7) is 3.07. The largest absolute Gasteiger partial charge is 0.489 e. The van der Waals surface area contributed by atoms with Crippen LogP contribution in [0.4, 0.5) is 4.39 Å². The molecule has 4 rings (SSSR count). The molecular formula is C21H20FN3O3. The highest BCUT2D eigenvalue weighted by Crippen LogP contribution is 2.23. The van der Waals surface area contributed by atoms with Crippen LogP contribution in [0.25, 0.3) is 11.4 Å². The minimum absolute atomic E-state index is 0.0767. The summed E-state index contributed by atoms with van der Waals surface area (Å²) >= 11 is 0. The molecule has 0 N–H and O–H groups in total.